The van der Waals surface area contributed by atoms with Gasteiger partial charge >= 0.3 is 0 Å². The van der Waals surface area contributed by atoms with Crippen molar-refractivity contribution in [3.05, 3.63) is 52.4 Å². The summed E-state index contributed by atoms with van der Waals surface area (Å²) in [5, 5.41) is 6.94. The molecule has 1 saturated heterocycles. The van der Waals surface area contributed by atoms with Crippen LogP contribution in [0.3, 0.4) is 0 Å². The van der Waals surface area contributed by atoms with Gasteiger partial charge in [-0.25, -0.2) is 0 Å². The summed E-state index contributed by atoms with van der Waals surface area (Å²) >= 11 is 0. The lowest BCUT2D eigenvalue weighted by Crippen LogP contribution is -2.45. The molecule has 1 aromatic heterocycles. The summed E-state index contributed by atoms with van der Waals surface area (Å²) < 4.78 is 11.0. The standard InChI is InChI=1S/C21H29N3O3/c1-14-11-24(12-15(2)26-14)13-19-8-6-5-7-18(19)10-22-21(25)9-20-16(3)23-27-17(20)4/h5-8,14-15H,9-13H2,1-4H3,(H,22,25). The van der Waals surface area contributed by atoms with Crippen LogP contribution in [-0.2, 0) is 29.0 Å². The quantitative estimate of drug-likeness (QED) is 0.846. The minimum Gasteiger partial charge on any atom is -0.373 e. The number of morpholine rings is 1. The second kappa shape index (κ2) is 8.67. The van der Waals surface area contributed by atoms with Crippen molar-refractivity contribution in [1.82, 2.24) is 15.4 Å². The number of rotatable bonds is 6. The van der Waals surface area contributed by atoms with Crippen LogP contribution in [0.15, 0.2) is 28.8 Å². The summed E-state index contributed by atoms with van der Waals surface area (Å²) in [5.74, 6) is 0.687. The van der Waals surface area contributed by atoms with Crippen LogP contribution in [0.1, 0.15) is 42.0 Å². The Bertz CT molecular complexity index is 757. The highest BCUT2D eigenvalue weighted by Crippen LogP contribution is 2.17. The monoisotopic (exact) mass is 371 g/mol. The number of ether oxygens (including phenoxy) is 1. The fraction of sp³-hybridized carbons (Fsp3) is 0.524. The molecule has 0 saturated carbocycles. The highest BCUT2D eigenvalue weighted by atomic mass is 16.5. The third-order valence-corrected chi connectivity index (χ3v) is 5.00. The number of benzene rings is 1. The van der Waals surface area contributed by atoms with Gasteiger partial charge in [0.2, 0.25) is 5.91 Å². The number of nitrogens with zero attached hydrogens (tertiary/aromatic N) is 2. The molecule has 2 heterocycles. The van der Waals surface area contributed by atoms with E-state index in [1.807, 2.05) is 19.9 Å². The first-order valence-electron chi connectivity index (χ1n) is 9.55. The van der Waals surface area contributed by atoms with E-state index < -0.39 is 0 Å². The van der Waals surface area contributed by atoms with E-state index >= 15 is 0 Å². The zero-order chi connectivity index (χ0) is 19.4. The number of carbonyl (C=O) groups is 1. The summed E-state index contributed by atoms with van der Waals surface area (Å²) in [6.45, 7) is 11.2. The van der Waals surface area contributed by atoms with Crippen LogP contribution in [0.2, 0.25) is 0 Å². The minimum atomic E-state index is -0.0205. The Morgan fingerprint density at radius 3 is 2.48 bits per heavy atom. The number of amides is 1. The molecule has 0 bridgehead atoms. The fourth-order valence-corrected chi connectivity index (χ4v) is 3.71. The van der Waals surface area contributed by atoms with Gasteiger partial charge < -0.3 is 14.6 Å². The van der Waals surface area contributed by atoms with E-state index in [1.165, 1.54) is 5.56 Å². The van der Waals surface area contributed by atoms with Crippen LogP contribution in [0, 0.1) is 13.8 Å². The molecule has 1 aliphatic rings. The Labute approximate surface area is 160 Å². The van der Waals surface area contributed by atoms with Gasteiger partial charge in [0.15, 0.2) is 0 Å². The first-order valence-corrected chi connectivity index (χ1v) is 9.55. The van der Waals surface area contributed by atoms with E-state index in [1.54, 1.807) is 0 Å². The van der Waals surface area contributed by atoms with Crippen molar-refractivity contribution in [1.29, 1.82) is 0 Å². The highest BCUT2D eigenvalue weighted by molar-refractivity contribution is 5.79. The van der Waals surface area contributed by atoms with Crippen molar-refractivity contribution in [3.63, 3.8) is 0 Å². The Hall–Kier alpha value is -2.18. The van der Waals surface area contributed by atoms with E-state index in [2.05, 4.69) is 47.4 Å². The normalized spacial score (nSPS) is 20.6. The number of nitrogens with one attached hydrogen (secondary N) is 1. The average Bonchev–Trinajstić information content (AvgIpc) is 2.92. The molecule has 0 spiro atoms. The predicted octanol–water partition coefficient (Wildman–Crippen LogP) is 2.76. The van der Waals surface area contributed by atoms with Crippen molar-refractivity contribution in [2.75, 3.05) is 13.1 Å². The molecule has 1 amide bonds. The lowest BCUT2D eigenvalue weighted by Gasteiger charge is -2.35. The van der Waals surface area contributed by atoms with Crippen molar-refractivity contribution in [3.8, 4) is 0 Å². The van der Waals surface area contributed by atoms with Crippen molar-refractivity contribution in [2.24, 2.45) is 0 Å². The van der Waals surface area contributed by atoms with E-state index in [-0.39, 0.29) is 18.1 Å². The Balaban J connectivity index is 1.60. The molecule has 2 atom stereocenters. The summed E-state index contributed by atoms with van der Waals surface area (Å²) in [5.41, 5.74) is 4.04. The van der Waals surface area contributed by atoms with Gasteiger partial charge in [-0.15, -0.1) is 0 Å². The van der Waals surface area contributed by atoms with Crippen LogP contribution in [0.25, 0.3) is 0 Å². The number of hydrogen-bond acceptors (Lipinski definition) is 5. The summed E-state index contributed by atoms with van der Waals surface area (Å²) in [7, 11) is 0. The molecule has 0 radical (unpaired) electrons. The molecule has 27 heavy (non-hydrogen) atoms. The third-order valence-electron chi connectivity index (χ3n) is 5.00. The van der Waals surface area contributed by atoms with Crippen LogP contribution in [-0.4, -0.2) is 41.3 Å². The van der Waals surface area contributed by atoms with Crippen molar-refractivity contribution < 1.29 is 14.1 Å². The van der Waals surface area contributed by atoms with E-state index in [0.29, 0.717) is 18.7 Å². The lowest BCUT2D eigenvalue weighted by molar-refractivity contribution is -0.120. The fourth-order valence-electron chi connectivity index (χ4n) is 3.71. The van der Waals surface area contributed by atoms with Gasteiger partial charge in [-0.2, -0.15) is 0 Å². The molecule has 146 valence electrons. The molecule has 1 aliphatic heterocycles. The van der Waals surface area contributed by atoms with Gasteiger partial charge in [0.1, 0.15) is 5.76 Å². The molecule has 3 rings (SSSR count). The van der Waals surface area contributed by atoms with Gasteiger partial charge in [-0.3, -0.25) is 9.69 Å². The van der Waals surface area contributed by atoms with E-state index in [9.17, 15) is 4.79 Å². The number of aryl methyl sites for hydroxylation is 2. The first-order chi connectivity index (χ1) is 12.9. The molecular formula is C21H29N3O3. The average molecular weight is 371 g/mol. The van der Waals surface area contributed by atoms with Gasteiger partial charge in [0.25, 0.3) is 0 Å². The second-order valence-corrected chi connectivity index (χ2v) is 7.48. The molecule has 6 nitrogen and oxygen atoms in total. The number of aromatic nitrogens is 1. The van der Waals surface area contributed by atoms with Crippen LogP contribution in [0.5, 0.6) is 0 Å². The summed E-state index contributed by atoms with van der Waals surface area (Å²) in [6.07, 6.45) is 0.785. The number of carbonyl (C=O) groups excluding carboxylic acids is 1. The lowest BCUT2D eigenvalue weighted by atomic mass is 10.1. The highest BCUT2D eigenvalue weighted by Gasteiger charge is 2.22. The maximum atomic E-state index is 12.4. The van der Waals surface area contributed by atoms with Gasteiger partial charge in [-0.1, -0.05) is 29.4 Å². The van der Waals surface area contributed by atoms with Gasteiger partial charge in [-0.05, 0) is 38.8 Å². The molecule has 0 aliphatic carbocycles. The number of hydrogen-bond donors (Lipinski definition) is 1. The minimum absolute atomic E-state index is 0.0205. The zero-order valence-corrected chi connectivity index (χ0v) is 16.6. The van der Waals surface area contributed by atoms with E-state index in [0.717, 1.165) is 36.5 Å². The largest absolute Gasteiger partial charge is 0.373 e. The van der Waals surface area contributed by atoms with Crippen molar-refractivity contribution in [2.45, 2.75) is 59.4 Å². The first kappa shape index (κ1) is 19.6. The second-order valence-electron chi connectivity index (χ2n) is 7.48. The zero-order valence-electron chi connectivity index (χ0n) is 16.6. The third kappa shape index (κ3) is 5.17. The Morgan fingerprint density at radius 1 is 1.19 bits per heavy atom. The van der Waals surface area contributed by atoms with E-state index in [4.69, 9.17) is 9.26 Å². The van der Waals surface area contributed by atoms with Crippen LogP contribution >= 0.6 is 0 Å². The van der Waals surface area contributed by atoms with Crippen LogP contribution < -0.4 is 5.32 Å². The molecule has 6 heteroatoms. The molecule has 1 fully saturated rings. The predicted molar refractivity (Wildman–Crippen MR) is 103 cm³/mol. The molecule has 1 N–H and O–H groups in total. The Kier molecular flexibility index (Phi) is 6.29. The molecular weight excluding hydrogens is 342 g/mol. The molecule has 2 unspecified atom stereocenters. The van der Waals surface area contributed by atoms with Gasteiger partial charge in [0.05, 0.1) is 24.3 Å². The smallest absolute Gasteiger partial charge is 0.224 e. The summed E-state index contributed by atoms with van der Waals surface area (Å²) in [4.78, 5) is 14.8. The van der Waals surface area contributed by atoms with Crippen LogP contribution in [0.4, 0.5) is 0 Å². The topological polar surface area (TPSA) is 67.6 Å². The van der Waals surface area contributed by atoms with Crippen molar-refractivity contribution >= 4 is 5.91 Å². The maximum absolute atomic E-state index is 12.4. The molecule has 2 aromatic rings. The SMILES string of the molecule is Cc1noc(C)c1CC(=O)NCc1ccccc1CN1CC(C)OC(C)C1. The maximum Gasteiger partial charge on any atom is 0.224 e. The summed E-state index contributed by atoms with van der Waals surface area (Å²) in [6, 6.07) is 8.29. The van der Waals surface area contributed by atoms with Gasteiger partial charge in [0, 0.05) is 31.7 Å². The Morgan fingerprint density at radius 2 is 1.85 bits per heavy atom. The molecule has 1 aromatic carbocycles.